The highest BCUT2D eigenvalue weighted by molar-refractivity contribution is 5.86. The molecule has 1 amide bonds. The van der Waals surface area contributed by atoms with Gasteiger partial charge in [0.15, 0.2) is 0 Å². The van der Waals surface area contributed by atoms with Crippen LogP contribution in [0.2, 0.25) is 0 Å². The molecule has 0 aromatic carbocycles. The van der Waals surface area contributed by atoms with E-state index in [2.05, 4.69) is 17.6 Å². The van der Waals surface area contributed by atoms with Gasteiger partial charge in [0.05, 0.1) is 11.1 Å². The quantitative estimate of drug-likeness (QED) is 0.824. The number of ether oxygens (including phenoxy) is 1. The number of carbonyl (C=O) groups excluding carboxylic acids is 1. The van der Waals surface area contributed by atoms with Crippen LogP contribution in [0.15, 0.2) is 0 Å². The van der Waals surface area contributed by atoms with Gasteiger partial charge < -0.3 is 15.4 Å². The molecule has 0 saturated carbocycles. The molecule has 2 heterocycles. The zero-order chi connectivity index (χ0) is 12.4. The van der Waals surface area contributed by atoms with E-state index in [0.717, 1.165) is 38.8 Å². The highest BCUT2D eigenvalue weighted by Gasteiger charge is 2.36. The van der Waals surface area contributed by atoms with E-state index in [9.17, 15) is 4.79 Å². The maximum absolute atomic E-state index is 12.2. The van der Waals surface area contributed by atoms with E-state index in [1.165, 1.54) is 6.42 Å². The number of hydrogen-bond donors (Lipinski definition) is 2. The van der Waals surface area contributed by atoms with Crippen LogP contribution < -0.4 is 10.6 Å². The zero-order valence-corrected chi connectivity index (χ0v) is 12.2. The molecule has 2 atom stereocenters. The van der Waals surface area contributed by atoms with Crippen LogP contribution in [0.5, 0.6) is 0 Å². The van der Waals surface area contributed by atoms with Crippen LogP contribution >= 0.6 is 12.4 Å². The van der Waals surface area contributed by atoms with Crippen LogP contribution in [0.25, 0.3) is 0 Å². The van der Waals surface area contributed by atoms with E-state index in [1.54, 1.807) is 0 Å². The maximum atomic E-state index is 12.2. The Kier molecular flexibility index (Phi) is 5.44. The van der Waals surface area contributed by atoms with Crippen LogP contribution in [0.3, 0.4) is 0 Å². The van der Waals surface area contributed by atoms with E-state index in [-0.39, 0.29) is 29.5 Å². The largest absolute Gasteiger partial charge is 0.373 e. The summed E-state index contributed by atoms with van der Waals surface area (Å²) >= 11 is 0. The molecular weight excluding hydrogens is 252 g/mol. The molecule has 4 nitrogen and oxygen atoms in total. The van der Waals surface area contributed by atoms with Crippen molar-refractivity contribution in [3.63, 3.8) is 0 Å². The number of amides is 1. The average Bonchev–Trinajstić information content (AvgIpc) is 2.75. The van der Waals surface area contributed by atoms with Crippen LogP contribution in [0, 0.1) is 0 Å². The molecule has 2 unspecified atom stereocenters. The molecule has 2 N–H and O–H groups in total. The summed E-state index contributed by atoms with van der Waals surface area (Å²) in [7, 11) is 0. The molecule has 2 fully saturated rings. The van der Waals surface area contributed by atoms with E-state index >= 15 is 0 Å². The predicted octanol–water partition coefficient (Wildman–Crippen LogP) is 1.63. The van der Waals surface area contributed by atoms with Crippen molar-refractivity contribution in [1.29, 1.82) is 0 Å². The Balaban J connectivity index is 0.00000162. The minimum absolute atomic E-state index is 0. The lowest BCUT2D eigenvalue weighted by Gasteiger charge is -2.34. The minimum atomic E-state index is -0.382. The first-order chi connectivity index (χ1) is 8.04. The summed E-state index contributed by atoms with van der Waals surface area (Å²) < 4.78 is 5.68. The van der Waals surface area contributed by atoms with Crippen molar-refractivity contribution in [3.05, 3.63) is 0 Å². The first-order valence-electron chi connectivity index (χ1n) is 6.71. The Morgan fingerprint density at radius 1 is 1.28 bits per heavy atom. The molecule has 2 saturated heterocycles. The number of carbonyl (C=O) groups is 1. The van der Waals surface area contributed by atoms with Gasteiger partial charge in [-0.05, 0) is 52.5 Å². The van der Waals surface area contributed by atoms with Crippen LogP contribution in [0.4, 0.5) is 0 Å². The van der Waals surface area contributed by atoms with Gasteiger partial charge in [0.2, 0.25) is 5.91 Å². The number of piperidine rings is 1. The van der Waals surface area contributed by atoms with Gasteiger partial charge in [-0.2, -0.15) is 0 Å². The Morgan fingerprint density at radius 2 is 2.06 bits per heavy atom. The Morgan fingerprint density at radius 3 is 2.61 bits per heavy atom. The predicted molar refractivity (Wildman–Crippen MR) is 74.1 cm³/mol. The topological polar surface area (TPSA) is 50.4 Å². The summed E-state index contributed by atoms with van der Waals surface area (Å²) in [6, 6.07) is 0. The average molecular weight is 277 g/mol. The van der Waals surface area contributed by atoms with Gasteiger partial charge in [-0.3, -0.25) is 4.79 Å². The monoisotopic (exact) mass is 276 g/mol. The fourth-order valence-corrected chi connectivity index (χ4v) is 2.69. The second-order valence-electron chi connectivity index (χ2n) is 5.80. The van der Waals surface area contributed by atoms with Crippen molar-refractivity contribution in [2.75, 3.05) is 19.7 Å². The van der Waals surface area contributed by atoms with Gasteiger partial charge in [0, 0.05) is 13.2 Å². The smallest absolute Gasteiger partial charge is 0.240 e. The second kappa shape index (κ2) is 6.22. The third-order valence-electron chi connectivity index (χ3n) is 4.04. The van der Waals surface area contributed by atoms with E-state index in [1.807, 2.05) is 6.92 Å². The zero-order valence-electron chi connectivity index (χ0n) is 11.4. The summed E-state index contributed by atoms with van der Waals surface area (Å²) in [5, 5.41) is 6.38. The van der Waals surface area contributed by atoms with Crippen LogP contribution in [-0.2, 0) is 9.53 Å². The van der Waals surface area contributed by atoms with Crippen molar-refractivity contribution in [1.82, 2.24) is 10.6 Å². The van der Waals surface area contributed by atoms with Gasteiger partial charge in [-0.25, -0.2) is 0 Å². The van der Waals surface area contributed by atoms with Crippen molar-refractivity contribution < 1.29 is 9.53 Å². The van der Waals surface area contributed by atoms with Crippen molar-refractivity contribution in [3.8, 4) is 0 Å². The number of nitrogens with one attached hydrogen (secondary N) is 2. The molecular formula is C13H25ClN2O2. The third-order valence-corrected chi connectivity index (χ3v) is 4.04. The van der Waals surface area contributed by atoms with Crippen molar-refractivity contribution in [2.45, 2.75) is 57.1 Å². The molecule has 0 bridgehead atoms. The molecule has 2 rings (SSSR count). The Hall–Kier alpha value is -0.320. The summed E-state index contributed by atoms with van der Waals surface area (Å²) in [6.07, 6.45) is 5.37. The molecule has 0 aromatic rings. The molecule has 5 heteroatoms. The lowest BCUT2D eigenvalue weighted by atomic mass is 9.89. The molecule has 2 aliphatic rings. The molecule has 0 aromatic heterocycles. The van der Waals surface area contributed by atoms with Crippen LogP contribution in [0.1, 0.15) is 46.0 Å². The van der Waals surface area contributed by atoms with Gasteiger partial charge in [0.1, 0.15) is 0 Å². The number of rotatable bonds is 3. The minimum Gasteiger partial charge on any atom is -0.373 e. The number of halogens is 1. The highest BCUT2D eigenvalue weighted by atomic mass is 35.5. The van der Waals surface area contributed by atoms with Gasteiger partial charge in [0.25, 0.3) is 0 Å². The molecule has 0 radical (unpaired) electrons. The molecule has 2 aliphatic heterocycles. The van der Waals surface area contributed by atoms with E-state index < -0.39 is 0 Å². The van der Waals surface area contributed by atoms with Gasteiger partial charge >= 0.3 is 0 Å². The fourth-order valence-electron chi connectivity index (χ4n) is 2.69. The molecule has 0 spiro atoms. The lowest BCUT2D eigenvalue weighted by molar-refractivity contribution is -0.129. The normalized spacial score (nSPS) is 35.9. The summed E-state index contributed by atoms with van der Waals surface area (Å²) in [5.74, 6) is 0.119. The summed E-state index contributed by atoms with van der Waals surface area (Å²) in [6.45, 7) is 6.47. The van der Waals surface area contributed by atoms with Crippen molar-refractivity contribution >= 4 is 18.3 Å². The fraction of sp³-hybridized carbons (Fsp3) is 0.923. The van der Waals surface area contributed by atoms with E-state index in [0.29, 0.717) is 6.54 Å². The SMILES string of the molecule is CC1(CNC(=O)C2(C)CCCCN2)CCCO1.Cl. The van der Waals surface area contributed by atoms with E-state index in [4.69, 9.17) is 4.74 Å². The van der Waals surface area contributed by atoms with Crippen LogP contribution in [-0.4, -0.2) is 36.7 Å². The molecule has 0 aliphatic carbocycles. The highest BCUT2D eigenvalue weighted by Crippen LogP contribution is 2.25. The van der Waals surface area contributed by atoms with Gasteiger partial charge in [-0.15, -0.1) is 12.4 Å². The summed E-state index contributed by atoms with van der Waals surface area (Å²) in [5.41, 5.74) is -0.534. The van der Waals surface area contributed by atoms with Crippen molar-refractivity contribution in [2.24, 2.45) is 0 Å². The second-order valence-corrected chi connectivity index (χ2v) is 5.80. The standard InChI is InChI=1S/C13H24N2O2.ClH/c1-12(6-5-9-17-12)10-14-11(16)13(2)7-3-4-8-15-13;/h15H,3-10H2,1-2H3,(H,14,16);1H. The maximum Gasteiger partial charge on any atom is 0.240 e. The molecule has 106 valence electrons. The molecule has 18 heavy (non-hydrogen) atoms. The lowest BCUT2D eigenvalue weighted by Crippen LogP contribution is -2.58. The Labute approximate surface area is 116 Å². The first kappa shape index (κ1) is 15.7. The first-order valence-corrected chi connectivity index (χ1v) is 6.71. The Bertz CT molecular complexity index is 285. The van der Waals surface area contributed by atoms with Gasteiger partial charge in [-0.1, -0.05) is 0 Å². The number of hydrogen-bond acceptors (Lipinski definition) is 3. The summed E-state index contributed by atoms with van der Waals surface area (Å²) in [4.78, 5) is 12.2. The third kappa shape index (κ3) is 3.59.